The molecule has 0 saturated heterocycles. The lowest BCUT2D eigenvalue weighted by Crippen LogP contribution is -2.47. The molecule has 0 fully saturated rings. The zero-order chi connectivity index (χ0) is 11.9. The van der Waals surface area contributed by atoms with Gasteiger partial charge in [0.15, 0.2) is 0 Å². The Hall–Kier alpha value is -0.160. The summed E-state index contributed by atoms with van der Waals surface area (Å²) < 4.78 is 0. The van der Waals surface area contributed by atoms with Crippen molar-refractivity contribution in [1.82, 2.24) is 10.2 Å². The summed E-state index contributed by atoms with van der Waals surface area (Å²) in [4.78, 5) is 2.09. The standard InChI is InChI=1S/C11H26N2O2/c1-10(12-4)11(2,3)9-13(5-7-14)6-8-15/h10,12,14-15H,5-9H2,1-4H3. The Morgan fingerprint density at radius 1 is 1.20 bits per heavy atom. The van der Waals surface area contributed by atoms with Gasteiger partial charge in [-0.3, -0.25) is 4.90 Å². The Morgan fingerprint density at radius 3 is 2.00 bits per heavy atom. The molecule has 4 nitrogen and oxygen atoms in total. The minimum Gasteiger partial charge on any atom is -0.395 e. The molecule has 0 aromatic rings. The average molecular weight is 218 g/mol. The molecule has 0 aliphatic heterocycles. The first-order valence-electron chi connectivity index (χ1n) is 5.59. The molecule has 0 aliphatic carbocycles. The summed E-state index contributed by atoms with van der Waals surface area (Å²) in [6.45, 7) is 8.94. The smallest absolute Gasteiger partial charge is 0.0558 e. The van der Waals surface area contributed by atoms with E-state index in [4.69, 9.17) is 10.2 Å². The molecule has 4 heteroatoms. The maximum absolute atomic E-state index is 8.92. The van der Waals surface area contributed by atoms with Crippen LogP contribution in [0.5, 0.6) is 0 Å². The zero-order valence-corrected chi connectivity index (χ0v) is 10.5. The molecule has 1 atom stereocenters. The van der Waals surface area contributed by atoms with E-state index in [2.05, 4.69) is 31.0 Å². The highest BCUT2D eigenvalue weighted by Gasteiger charge is 2.26. The second-order valence-electron chi connectivity index (χ2n) is 4.72. The number of nitrogens with one attached hydrogen (secondary N) is 1. The van der Waals surface area contributed by atoms with Gasteiger partial charge in [-0.1, -0.05) is 13.8 Å². The molecule has 3 N–H and O–H groups in total. The first-order chi connectivity index (χ1) is 6.97. The molecule has 92 valence electrons. The van der Waals surface area contributed by atoms with Crippen molar-refractivity contribution in [3.63, 3.8) is 0 Å². The minimum absolute atomic E-state index is 0.124. The van der Waals surface area contributed by atoms with Crippen LogP contribution in [0, 0.1) is 5.41 Å². The van der Waals surface area contributed by atoms with Gasteiger partial charge in [0.25, 0.3) is 0 Å². The molecule has 0 radical (unpaired) electrons. The lowest BCUT2D eigenvalue weighted by molar-refractivity contribution is 0.104. The molecule has 0 saturated carbocycles. The fourth-order valence-electron chi connectivity index (χ4n) is 1.66. The molecule has 0 rings (SSSR count). The summed E-state index contributed by atoms with van der Waals surface area (Å²) in [6, 6.07) is 0.400. The van der Waals surface area contributed by atoms with Crippen molar-refractivity contribution in [2.45, 2.75) is 26.8 Å². The zero-order valence-electron chi connectivity index (χ0n) is 10.5. The van der Waals surface area contributed by atoms with Crippen molar-refractivity contribution in [3.05, 3.63) is 0 Å². The summed E-state index contributed by atoms with van der Waals surface area (Å²) in [5.74, 6) is 0. The van der Waals surface area contributed by atoms with Crippen LogP contribution >= 0.6 is 0 Å². The second-order valence-corrected chi connectivity index (χ2v) is 4.72. The molecule has 0 aliphatic rings. The quantitative estimate of drug-likeness (QED) is 0.533. The maximum Gasteiger partial charge on any atom is 0.0558 e. The summed E-state index contributed by atoms with van der Waals surface area (Å²) in [5, 5.41) is 21.1. The van der Waals surface area contributed by atoms with Crippen LogP contribution in [0.1, 0.15) is 20.8 Å². The molecule has 0 amide bonds. The maximum atomic E-state index is 8.92. The van der Waals surface area contributed by atoms with E-state index in [1.807, 2.05) is 7.05 Å². The lowest BCUT2D eigenvalue weighted by Gasteiger charge is -2.36. The third kappa shape index (κ3) is 5.47. The van der Waals surface area contributed by atoms with Crippen LogP contribution in [-0.2, 0) is 0 Å². The molecular formula is C11H26N2O2. The van der Waals surface area contributed by atoms with Crippen molar-refractivity contribution in [1.29, 1.82) is 0 Å². The van der Waals surface area contributed by atoms with Gasteiger partial charge in [-0.15, -0.1) is 0 Å². The Bertz CT molecular complexity index is 157. The number of rotatable bonds is 8. The Balaban J connectivity index is 4.23. The van der Waals surface area contributed by atoms with Crippen LogP contribution in [-0.4, -0.2) is 61.1 Å². The highest BCUT2D eigenvalue weighted by molar-refractivity contribution is 4.83. The van der Waals surface area contributed by atoms with Crippen LogP contribution in [0.3, 0.4) is 0 Å². The predicted octanol–water partition coefficient (Wildman–Crippen LogP) is -0.0929. The van der Waals surface area contributed by atoms with E-state index >= 15 is 0 Å². The van der Waals surface area contributed by atoms with Crippen molar-refractivity contribution < 1.29 is 10.2 Å². The highest BCUT2D eigenvalue weighted by Crippen LogP contribution is 2.21. The highest BCUT2D eigenvalue weighted by atomic mass is 16.3. The Morgan fingerprint density at radius 2 is 1.67 bits per heavy atom. The fraction of sp³-hybridized carbons (Fsp3) is 1.00. The number of aliphatic hydroxyl groups excluding tert-OH is 2. The van der Waals surface area contributed by atoms with Gasteiger partial charge in [0.2, 0.25) is 0 Å². The van der Waals surface area contributed by atoms with Crippen LogP contribution in [0.4, 0.5) is 0 Å². The summed E-state index contributed by atoms with van der Waals surface area (Å²) in [6.07, 6.45) is 0. The van der Waals surface area contributed by atoms with Gasteiger partial charge < -0.3 is 15.5 Å². The van der Waals surface area contributed by atoms with Gasteiger partial charge >= 0.3 is 0 Å². The Labute approximate surface area is 93.3 Å². The topological polar surface area (TPSA) is 55.7 Å². The molecule has 0 spiro atoms. The number of nitrogens with zero attached hydrogens (tertiary/aromatic N) is 1. The van der Waals surface area contributed by atoms with Gasteiger partial charge in [-0.2, -0.15) is 0 Å². The molecule has 1 unspecified atom stereocenters. The van der Waals surface area contributed by atoms with Crippen molar-refractivity contribution >= 4 is 0 Å². The molecule has 0 aromatic heterocycles. The van der Waals surface area contributed by atoms with E-state index in [1.165, 1.54) is 0 Å². The van der Waals surface area contributed by atoms with E-state index in [9.17, 15) is 0 Å². The van der Waals surface area contributed by atoms with Gasteiger partial charge in [0.05, 0.1) is 13.2 Å². The van der Waals surface area contributed by atoms with Crippen LogP contribution in [0.15, 0.2) is 0 Å². The fourth-order valence-corrected chi connectivity index (χ4v) is 1.66. The molecule has 15 heavy (non-hydrogen) atoms. The van der Waals surface area contributed by atoms with Crippen molar-refractivity contribution in [2.24, 2.45) is 5.41 Å². The normalized spacial score (nSPS) is 14.6. The second kappa shape index (κ2) is 7.17. The Kier molecular flexibility index (Phi) is 7.09. The monoisotopic (exact) mass is 218 g/mol. The van der Waals surface area contributed by atoms with Gasteiger partial charge in [-0.25, -0.2) is 0 Å². The largest absolute Gasteiger partial charge is 0.395 e. The minimum atomic E-state index is 0.124. The molecule has 0 heterocycles. The SMILES string of the molecule is CNC(C)C(C)(C)CN(CCO)CCO. The van der Waals surface area contributed by atoms with E-state index in [0.29, 0.717) is 19.1 Å². The van der Waals surface area contributed by atoms with E-state index in [-0.39, 0.29) is 18.6 Å². The third-order valence-electron chi connectivity index (χ3n) is 3.07. The van der Waals surface area contributed by atoms with Gasteiger partial charge in [0, 0.05) is 25.7 Å². The number of hydrogen-bond donors (Lipinski definition) is 3. The summed E-state index contributed by atoms with van der Waals surface area (Å²) in [5.41, 5.74) is 0.124. The third-order valence-corrected chi connectivity index (χ3v) is 3.07. The lowest BCUT2D eigenvalue weighted by atomic mass is 9.85. The van der Waals surface area contributed by atoms with E-state index < -0.39 is 0 Å². The molecule has 0 bridgehead atoms. The predicted molar refractivity (Wildman–Crippen MR) is 62.9 cm³/mol. The molecule has 0 aromatic carbocycles. The van der Waals surface area contributed by atoms with Crippen LogP contribution in [0.2, 0.25) is 0 Å². The van der Waals surface area contributed by atoms with Crippen molar-refractivity contribution in [3.8, 4) is 0 Å². The summed E-state index contributed by atoms with van der Waals surface area (Å²) in [7, 11) is 1.95. The van der Waals surface area contributed by atoms with Gasteiger partial charge in [0.1, 0.15) is 0 Å². The van der Waals surface area contributed by atoms with Crippen LogP contribution in [0.25, 0.3) is 0 Å². The van der Waals surface area contributed by atoms with E-state index in [1.54, 1.807) is 0 Å². The van der Waals surface area contributed by atoms with Gasteiger partial charge in [-0.05, 0) is 19.4 Å². The number of aliphatic hydroxyl groups is 2. The average Bonchev–Trinajstić information content (AvgIpc) is 2.16. The first-order valence-corrected chi connectivity index (χ1v) is 5.59. The van der Waals surface area contributed by atoms with Crippen molar-refractivity contribution in [2.75, 3.05) is 39.9 Å². The molecular weight excluding hydrogens is 192 g/mol. The summed E-state index contributed by atoms with van der Waals surface area (Å²) >= 11 is 0. The van der Waals surface area contributed by atoms with E-state index in [0.717, 1.165) is 6.54 Å². The van der Waals surface area contributed by atoms with Crippen LogP contribution < -0.4 is 5.32 Å². The first kappa shape index (κ1) is 14.8. The number of hydrogen-bond acceptors (Lipinski definition) is 4.